The molecule has 1 fully saturated rings. The van der Waals surface area contributed by atoms with Crippen LogP contribution in [-0.4, -0.2) is 70.1 Å². The summed E-state index contributed by atoms with van der Waals surface area (Å²) in [6.45, 7) is 8.89. The van der Waals surface area contributed by atoms with Gasteiger partial charge in [-0.2, -0.15) is 0 Å². The van der Waals surface area contributed by atoms with Crippen LogP contribution in [0.1, 0.15) is 87.6 Å². The minimum absolute atomic E-state index is 0.00804. The number of methoxy groups -OCH3 is 1. The van der Waals surface area contributed by atoms with Crippen molar-refractivity contribution in [1.82, 2.24) is 10.3 Å². The highest BCUT2D eigenvalue weighted by Gasteiger charge is 2.42. The van der Waals surface area contributed by atoms with Crippen LogP contribution < -0.4 is 15.4 Å². The van der Waals surface area contributed by atoms with Crippen LogP contribution in [0.3, 0.4) is 0 Å². The number of para-hydroxylation sites is 1. The van der Waals surface area contributed by atoms with Gasteiger partial charge in [-0.25, -0.2) is 9.78 Å². The first-order chi connectivity index (χ1) is 21.8. The van der Waals surface area contributed by atoms with E-state index in [4.69, 9.17) is 14.2 Å². The summed E-state index contributed by atoms with van der Waals surface area (Å²) in [7, 11) is 1.30. The highest BCUT2D eigenvalue weighted by atomic mass is 16.6. The molecule has 0 spiro atoms. The molecule has 5 atom stereocenters. The van der Waals surface area contributed by atoms with Gasteiger partial charge in [0, 0.05) is 31.0 Å². The van der Waals surface area contributed by atoms with Crippen molar-refractivity contribution in [3.8, 4) is 17.2 Å². The fourth-order valence-electron chi connectivity index (χ4n) is 5.41. The number of benzene rings is 1. The van der Waals surface area contributed by atoms with Crippen LogP contribution in [0.2, 0.25) is 0 Å². The zero-order valence-electron chi connectivity index (χ0n) is 27.0. The summed E-state index contributed by atoms with van der Waals surface area (Å²) in [6, 6.07) is 3.87. The average molecular weight is 642 g/mol. The first-order valence-corrected chi connectivity index (χ1v) is 15.4. The molecule has 1 unspecified atom stereocenters. The zero-order chi connectivity index (χ0) is 34.1. The van der Waals surface area contributed by atoms with Gasteiger partial charge in [-0.15, -0.1) is 0 Å². The number of rotatable bonds is 12. The number of pyridine rings is 1. The number of hydrogen-bond acceptors (Lipinski definition) is 11. The normalized spacial score (nSPS) is 21.7. The first kappa shape index (κ1) is 35.8. The van der Waals surface area contributed by atoms with Crippen LogP contribution in [-0.2, 0) is 23.9 Å². The highest BCUT2D eigenvalue weighted by molar-refractivity contribution is 6.08. The van der Waals surface area contributed by atoms with Crippen molar-refractivity contribution in [1.29, 1.82) is 0 Å². The molecule has 250 valence electrons. The average Bonchev–Trinajstić information content (AvgIpc) is 3.01. The quantitative estimate of drug-likeness (QED) is 0.192. The predicted octanol–water partition coefficient (Wildman–Crippen LogP) is 4.16. The number of ether oxygens (including phenoxy) is 3. The summed E-state index contributed by atoms with van der Waals surface area (Å²) in [5, 5.41) is 26.0. The molecular formula is C33H43N3O10. The molecule has 3 rings (SSSR count). The second kappa shape index (κ2) is 16.1. The van der Waals surface area contributed by atoms with Crippen LogP contribution in [0, 0.1) is 17.8 Å². The second-order valence-corrected chi connectivity index (χ2v) is 11.9. The van der Waals surface area contributed by atoms with Crippen molar-refractivity contribution >= 4 is 35.2 Å². The number of phenolic OH excluding ortho intramolecular Hbond substituents is 1. The maximum Gasteiger partial charge on any atom is 0.332 e. The molecule has 13 nitrogen and oxygen atoms in total. The molecule has 13 heteroatoms. The molecule has 1 aromatic heterocycles. The minimum Gasteiger partial charge on any atom is -0.505 e. The maximum absolute atomic E-state index is 13.5. The van der Waals surface area contributed by atoms with Crippen LogP contribution in [0.4, 0.5) is 5.69 Å². The van der Waals surface area contributed by atoms with Gasteiger partial charge in [0.15, 0.2) is 29.0 Å². The SMILES string of the molecule is CCCC[C@H]1C(=O)O[C@H](C)C(NC(=O)c2cccc(NC(=O)c3nccc(OC)c3O)c2O)C(=O)O[C@@H](C)[C@@H]1CC(=O)CC(C)C. The van der Waals surface area contributed by atoms with Crippen molar-refractivity contribution in [3.63, 3.8) is 0 Å². The number of aromatic nitrogens is 1. The van der Waals surface area contributed by atoms with Gasteiger partial charge in [0.25, 0.3) is 11.8 Å². The van der Waals surface area contributed by atoms with Crippen molar-refractivity contribution < 1.29 is 48.4 Å². The molecule has 2 amide bonds. The number of anilines is 1. The number of ketones is 1. The molecule has 46 heavy (non-hydrogen) atoms. The van der Waals surface area contributed by atoms with E-state index >= 15 is 0 Å². The molecule has 0 saturated carbocycles. The predicted molar refractivity (Wildman–Crippen MR) is 166 cm³/mol. The maximum atomic E-state index is 13.5. The Morgan fingerprint density at radius 2 is 1.70 bits per heavy atom. The monoisotopic (exact) mass is 641 g/mol. The van der Waals surface area contributed by atoms with E-state index in [2.05, 4.69) is 15.6 Å². The molecule has 4 N–H and O–H groups in total. The molecular weight excluding hydrogens is 598 g/mol. The molecule has 0 radical (unpaired) electrons. The number of unbranched alkanes of at least 4 members (excludes halogenated alkanes) is 1. The van der Waals surface area contributed by atoms with Gasteiger partial charge in [0.1, 0.15) is 18.0 Å². The lowest BCUT2D eigenvalue weighted by Gasteiger charge is -2.29. The summed E-state index contributed by atoms with van der Waals surface area (Å²) < 4.78 is 16.4. The van der Waals surface area contributed by atoms with Gasteiger partial charge in [-0.1, -0.05) is 39.7 Å². The summed E-state index contributed by atoms with van der Waals surface area (Å²) in [5.74, 6) is -5.64. The Bertz CT molecular complexity index is 1440. The molecule has 1 aliphatic heterocycles. The topological polar surface area (TPSA) is 190 Å². The van der Waals surface area contributed by atoms with Gasteiger partial charge in [-0.3, -0.25) is 19.2 Å². The lowest BCUT2D eigenvalue weighted by atomic mass is 9.80. The number of esters is 2. The van der Waals surface area contributed by atoms with Crippen LogP contribution in [0.5, 0.6) is 17.2 Å². The third-order valence-electron chi connectivity index (χ3n) is 7.86. The van der Waals surface area contributed by atoms with E-state index in [-0.39, 0.29) is 40.8 Å². The number of amides is 2. The van der Waals surface area contributed by atoms with Gasteiger partial charge in [0.2, 0.25) is 0 Å². The largest absolute Gasteiger partial charge is 0.505 e. The van der Waals surface area contributed by atoms with E-state index in [1.807, 2.05) is 20.8 Å². The first-order valence-electron chi connectivity index (χ1n) is 15.4. The molecule has 1 saturated heterocycles. The fourth-order valence-corrected chi connectivity index (χ4v) is 5.41. The van der Waals surface area contributed by atoms with E-state index in [0.29, 0.717) is 19.3 Å². The lowest BCUT2D eigenvalue weighted by Crippen LogP contribution is -2.50. The number of aromatic hydroxyl groups is 2. The highest BCUT2D eigenvalue weighted by Crippen LogP contribution is 2.33. The number of carbonyl (C=O) groups is 5. The van der Waals surface area contributed by atoms with E-state index < -0.39 is 65.3 Å². The second-order valence-electron chi connectivity index (χ2n) is 11.9. The van der Waals surface area contributed by atoms with Crippen molar-refractivity contribution in [3.05, 3.63) is 41.7 Å². The van der Waals surface area contributed by atoms with Crippen molar-refractivity contribution in [2.24, 2.45) is 17.8 Å². The van der Waals surface area contributed by atoms with E-state index in [1.165, 1.54) is 44.5 Å². The summed E-state index contributed by atoms with van der Waals surface area (Å²) in [4.78, 5) is 69.7. The number of cyclic esters (lactones) is 2. The Morgan fingerprint density at radius 3 is 2.35 bits per heavy atom. The standard InChI is InChI=1S/C33H43N3O10/c1-7-8-10-21-23(16-20(37)15-17(2)3)18(4)45-33(43)26(19(5)46-32(21)42)36-30(40)22-11-9-12-24(28(22)38)35-31(41)27-29(39)25(44-6)13-14-34-27/h9,11-14,17-19,21,23,26,38-39H,7-8,10,15-16H2,1-6H3,(H,35,41)(H,36,40)/t18-,19+,21+,23-,26?/m0/s1. The number of hydrogen-bond donors (Lipinski definition) is 4. The Kier molecular flexibility index (Phi) is 12.5. The zero-order valence-corrected chi connectivity index (χ0v) is 27.0. The third-order valence-corrected chi connectivity index (χ3v) is 7.86. The molecule has 1 aliphatic rings. The number of nitrogens with one attached hydrogen (secondary N) is 2. The van der Waals surface area contributed by atoms with E-state index in [0.717, 1.165) is 6.42 Å². The Hall–Kier alpha value is -4.68. The summed E-state index contributed by atoms with van der Waals surface area (Å²) in [6.07, 6.45) is 1.56. The molecule has 0 aliphatic carbocycles. The molecule has 2 aromatic rings. The Balaban J connectivity index is 1.85. The van der Waals surface area contributed by atoms with Gasteiger partial charge < -0.3 is 35.1 Å². The van der Waals surface area contributed by atoms with Gasteiger partial charge in [-0.05, 0) is 38.3 Å². The molecule has 0 bridgehead atoms. The minimum atomic E-state index is -1.45. The third kappa shape index (κ3) is 8.73. The van der Waals surface area contributed by atoms with Crippen LogP contribution >= 0.6 is 0 Å². The fraction of sp³-hybridized carbons (Fsp3) is 0.515. The lowest BCUT2D eigenvalue weighted by molar-refractivity contribution is -0.157. The van der Waals surface area contributed by atoms with Crippen molar-refractivity contribution in [2.75, 3.05) is 12.4 Å². The smallest absolute Gasteiger partial charge is 0.332 e. The Morgan fingerprint density at radius 1 is 1.00 bits per heavy atom. The van der Waals surface area contributed by atoms with Gasteiger partial charge >= 0.3 is 11.9 Å². The number of phenols is 1. The molecule has 1 aromatic carbocycles. The van der Waals surface area contributed by atoms with Crippen LogP contribution in [0.25, 0.3) is 0 Å². The molecule has 2 heterocycles. The number of Topliss-reactive ketones (excluding diaryl/α,β-unsaturated/α-hetero) is 1. The van der Waals surface area contributed by atoms with Crippen molar-refractivity contribution in [2.45, 2.75) is 85.0 Å². The van der Waals surface area contributed by atoms with Gasteiger partial charge in [0.05, 0.1) is 24.3 Å². The Labute approximate surface area is 268 Å². The summed E-state index contributed by atoms with van der Waals surface area (Å²) >= 11 is 0. The van der Waals surface area contributed by atoms with E-state index in [9.17, 15) is 34.2 Å². The van der Waals surface area contributed by atoms with Crippen LogP contribution in [0.15, 0.2) is 30.5 Å². The van der Waals surface area contributed by atoms with E-state index in [1.54, 1.807) is 6.92 Å². The number of carbonyl (C=O) groups excluding carboxylic acids is 5. The summed E-state index contributed by atoms with van der Waals surface area (Å²) in [5.41, 5.74) is -0.870. The number of nitrogens with zero attached hydrogens (tertiary/aromatic N) is 1.